The van der Waals surface area contributed by atoms with Gasteiger partial charge >= 0.3 is 18.1 Å². The van der Waals surface area contributed by atoms with Crippen LogP contribution in [0.4, 0.5) is 22.0 Å². The molecule has 0 aromatic heterocycles. The van der Waals surface area contributed by atoms with E-state index in [2.05, 4.69) is 15.1 Å². The molecule has 0 heterocycles. The Kier molecular flexibility index (Phi) is 10.4. The molecule has 0 aliphatic rings. The molecule has 0 unspecified atom stereocenters. The lowest BCUT2D eigenvalue weighted by Crippen LogP contribution is -2.41. The van der Waals surface area contributed by atoms with Crippen LogP contribution in [0.3, 0.4) is 0 Å². The van der Waals surface area contributed by atoms with Gasteiger partial charge in [-0.1, -0.05) is 30.3 Å². The third-order valence-electron chi connectivity index (χ3n) is 5.98. The van der Waals surface area contributed by atoms with Gasteiger partial charge in [-0.25, -0.2) is 28.1 Å². The van der Waals surface area contributed by atoms with Crippen LogP contribution in [0.2, 0.25) is 0 Å². The van der Waals surface area contributed by atoms with Crippen molar-refractivity contribution >= 4 is 11.9 Å². The Morgan fingerprint density at radius 3 is 2.16 bits per heavy atom. The van der Waals surface area contributed by atoms with E-state index in [1.807, 2.05) is 44.2 Å². The molecule has 0 saturated heterocycles. The number of rotatable bonds is 11. The van der Waals surface area contributed by atoms with Gasteiger partial charge in [-0.3, -0.25) is 0 Å². The van der Waals surface area contributed by atoms with E-state index in [9.17, 15) is 36.6 Å². The zero-order valence-electron chi connectivity index (χ0n) is 21.6. The summed E-state index contributed by atoms with van der Waals surface area (Å²) in [6.07, 6.45) is -4.63. The second-order valence-corrected chi connectivity index (χ2v) is 10.4. The maximum Gasteiger partial charge on any atom is 0.495 e. The SMILES string of the molecule is CC(C)(CCCc1ccccc1)NC[C@@H](O)c1cc(CC(C)(C)C(=O)OOC(=O)C(F)(F)F)cc(F)c1F. The predicted molar refractivity (Wildman–Crippen MR) is 129 cm³/mol. The Morgan fingerprint density at radius 1 is 0.947 bits per heavy atom. The van der Waals surface area contributed by atoms with Gasteiger partial charge in [0.15, 0.2) is 11.6 Å². The number of alkyl halides is 3. The highest BCUT2D eigenvalue weighted by Crippen LogP contribution is 2.29. The van der Waals surface area contributed by atoms with E-state index in [0.29, 0.717) is 0 Å². The first-order valence-electron chi connectivity index (χ1n) is 12.0. The van der Waals surface area contributed by atoms with Crippen LogP contribution in [0.15, 0.2) is 42.5 Å². The van der Waals surface area contributed by atoms with Gasteiger partial charge in [-0.15, -0.1) is 0 Å². The van der Waals surface area contributed by atoms with Gasteiger partial charge in [-0.2, -0.15) is 13.2 Å². The second-order valence-electron chi connectivity index (χ2n) is 10.4. The number of aliphatic hydroxyl groups excluding tert-OH is 1. The van der Waals surface area contributed by atoms with Crippen molar-refractivity contribution in [2.45, 2.75) is 71.2 Å². The van der Waals surface area contributed by atoms with E-state index in [0.717, 1.165) is 25.3 Å². The number of carbonyl (C=O) groups excluding carboxylic acids is 2. The average molecular weight is 546 g/mol. The summed E-state index contributed by atoms with van der Waals surface area (Å²) in [5.41, 5.74) is -1.08. The minimum Gasteiger partial charge on any atom is -0.387 e. The summed E-state index contributed by atoms with van der Waals surface area (Å²) in [6.45, 7) is 6.29. The van der Waals surface area contributed by atoms with Gasteiger partial charge < -0.3 is 10.4 Å². The van der Waals surface area contributed by atoms with E-state index >= 15 is 0 Å². The maximum atomic E-state index is 14.5. The number of aliphatic hydroxyl groups is 1. The van der Waals surface area contributed by atoms with Crippen molar-refractivity contribution in [3.05, 3.63) is 70.8 Å². The van der Waals surface area contributed by atoms with Gasteiger partial charge in [0.25, 0.3) is 0 Å². The van der Waals surface area contributed by atoms with Crippen molar-refractivity contribution in [1.29, 1.82) is 0 Å². The molecule has 2 rings (SSSR count). The molecule has 38 heavy (non-hydrogen) atoms. The summed E-state index contributed by atoms with van der Waals surface area (Å²) < 4.78 is 65.6. The first-order chi connectivity index (χ1) is 17.5. The van der Waals surface area contributed by atoms with Crippen LogP contribution in [-0.4, -0.2) is 35.3 Å². The van der Waals surface area contributed by atoms with E-state index in [1.54, 1.807) is 0 Å². The maximum absolute atomic E-state index is 14.5. The number of halogens is 5. The predicted octanol–water partition coefficient (Wildman–Crippen LogP) is 5.52. The Morgan fingerprint density at radius 2 is 1.55 bits per heavy atom. The molecular weight excluding hydrogens is 513 g/mol. The fourth-order valence-corrected chi connectivity index (χ4v) is 3.78. The highest BCUT2D eigenvalue weighted by molar-refractivity contribution is 5.79. The van der Waals surface area contributed by atoms with E-state index in [4.69, 9.17) is 0 Å². The molecule has 210 valence electrons. The van der Waals surface area contributed by atoms with Crippen LogP contribution in [-0.2, 0) is 32.2 Å². The molecule has 0 radical (unpaired) electrons. The smallest absolute Gasteiger partial charge is 0.387 e. The van der Waals surface area contributed by atoms with Gasteiger partial charge in [-0.05, 0) is 76.6 Å². The first-order valence-corrected chi connectivity index (χ1v) is 12.0. The molecule has 0 fully saturated rings. The third kappa shape index (κ3) is 9.36. The molecule has 0 bridgehead atoms. The molecule has 0 aliphatic heterocycles. The Balaban J connectivity index is 2.01. The normalized spacial score (nSPS) is 13.2. The number of nitrogens with one attached hydrogen (secondary N) is 1. The lowest BCUT2D eigenvalue weighted by Gasteiger charge is -2.28. The number of carbonyl (C=O) groups is 2. The third-order valence-corrected chi connectivity index (χ3v) is 5.98. The summed E-state index contributed by atoms with van der Waals surface area (Å²) in [5.74, 6) is -6.58. The van der Waals surface area contributed by atoms with Crippen molar-refractivity contribution in [3.63, 3.8) is 0 Å². The standard InChI is InChI=1S/C27H32F5NO5/c1-25(2,23(35)37-38-24(36)27(30,31)32)15-18-13-19(22(29)20(28)14-18)21(34)16-33-26(3,4)12-8-11-17-9-6-5-7-10-17/h5-7,9-10,13-14,21,33-34H,8,11-12,15-16H2,1-4H3/t21-/m1/s1. The van der Waals surface area contributed by atoms with Crippen LogP contribution >= 0.6 is 0 Å². The monoisotopic (exact) mass is 545 g/mol. The number of hydrogen-bond donors (Lipinski definition) is 2. The number of aryl methyl sites for hydroxylation is 1. The molecule has 1 atom stereocenters. The highest BCUT2D eigenvalue weighted by Gasteiger charge is 2.44. The molecule has 0 aliphatic carbocycles. The Hall–Kier alpha value is -3.05. The summed E-state index contributed by atoms with van der Waals surface area (Å²) >= 11 is 0. The Bertz CT molecular complexity index is 1100. The van der Waals surface area contributed by atoms with Crippen molar-refractivity contribution in [1.82, 2.24) is 5.32 Å². The molecular formula is C27H32F5NO5. The second kappa shape index (κ2) is 12.7. The van der Waals surface area contributed by atoms with Gasteiger partial charge in [0.2, 0.25) is 0 Å². The topological polar surface area (TPSA) is 84.9 Å². The summed E-state index contributed by atoms with van der Waals surface area (Å²) in [6, 6.07) is 11.9. The number of benzene rings is 2. The minimum absolute atomic E-state index is 0.0733. The van der Waals surface area contributed by atoms with Crippen molar-refractivity contribution in [2.24, 2.45) is 5.41 Å². The lowest BCUT2D eigenvalue weighted by atomic mass is 9.85. The lowest BCUT2D eigenvalue weighted by molar-refractivity contribution is -0.290. The number of β-amino-alcohol motifs (C(OH)–C–C–N with tert-alkyl or cyclic N) is 1. The van der Waals surface area contributed by atoms with Crippen LogP contribution < -0.4 is 5.32 Å². The molecule has 6 nitrogen and oxygen atoms in total. The zero-order valence-corrected chi connectivity index (χ0v) is 21.6. The molecule has 11 heteroatoms. The minimum atomic E-state index is -5.36. The molecule has 0 amide bonds. The summed E-state index contributed by atoms with van der Waals surface area (Å²) in [5, 5.41) is 13.8. The van der Waals surface area contributed by atoms with Crippen LogP contribution in [0, 0.1) is 17.0 Å². The highest BCUT2D eigenvalue weighted by atomic mass is 19.4. The molecule has 2 aromatic rings. The van der Waals surface area contributed by atoms with E-state index in [-0.39, 0.29) is 24.1 Å². The van der Waals surface area contributed by atoms with Crippen LogP contribution in [0.25, 0.3) is 0 Å². The van der Waals surface area contributed by atoms with Crippen LogP contribution in [0.5, 0.6) is 0 Å². The molecule has 0 saturated carbocycles. The van der Waals surface area contributed by atoms with Gasteiger partial charge in [0, 0.05) is 17.6 Å². The van der Waals surface area contributed by atoms with Crippen LogP contribution in [0.1, 0.15) is 63.3 Å². The number of hydrogen-bond acceptors (Lipinski definition) is 6. The van der Waals surface area contributed by atoms with Gasteiger partial charge in [0.1, 0.15) is 0 Å². The largest absolute Gasteiger partial charge is 0.495 e. The van der Waals surface area contributed by atoms with E-state index < -0.39 is 46.8 Å². The molecule has 2 N–H and O–H groups in total. The van der Waals surface area contributed by atoms with Crippen molar-refractivity contribution < 1.29 is 46.4 Å². The zero-order chi connectivity index (χ0) is 28.7. The van der Waals surface area contributed by atoms with E-state index in [1.165, 1.54) is 25.5 Å². The Labute approximate surface area is 218 Å². The van der Waals surface area contributed by atoms with Crippen molar-refractivity contribution in [2.75, 3.05) is 6.54 Å². The van der Waals surface area contributed by atoms with Crippen molar-refractivity contribution in [3.8, 4) is 0 Å². The fourth-order valence-electron chi connectivity index (χ4n) is 3.78. The summed E-state index contributed by atoms with van der Waals surface area (Å²) in [7, 11) is 0. The molecule has 2 aromatic carbocycles. The first kappa shape index (κ1) is 31.2. The summed E-state index contributed by atoms with van der Waals surface area (Å²) in [4.78, 5) is 30.4. The fraction of sp³-hybridized carbons (Fsp3) is 0.481. The molecule has 0 spiro atoms. The average Bonchev–Trinajstić information content (AvgIpc) is 2.82. The quantitative estimate of drug-likeness (QED) is 0.220. The van der Waals surface area contributed by atoms with Gasteiger partial charge in [0.05, 0.1) is 11.5 Å².